The lowest BCUT2D eigenvalue weighted by molar-refractivity contribution is 0.599. The Morgan fingerprint density at radius 3 is 2.32 bits per heavy atom. The molecule has 3 N–H and O–H groups in total. The number of sulfonamides is 1. The normalized spacial score (nSPS) is 18.1. The number of nitrogens with zero attached hydrogens (tertiary/aromatic N) is 3. The molecule has 2 heterocycles. The summed E-state index contributed by atoms with van der Waals surface area (Å²) in [6.45, 7) is 0.863. The van der Waals surface area contributed by atoms with Crippen LogP contribution in [0.5, 0.6) is 0 Å². The fourth-order valence-corrected chi connectivity index (χ4v) is 5.47. The number of aliphatic imine (C=N–C) groups is 2. The number of nitrogens with two attached hydrogens (primary N) is 1. The predicted octanol–water partition coefficient (Wildman–Crippen LogP) is 3.34. The molecule has 1 fully saturated rings. The number of guanidine groups is 1. The van der Waals surface area contributed by atoms with Crippen LogP contribution in [0.3, 0.4) is 0 Å². The van der Waals surface area contributed by atoms with Gasteiger partial charge in [-0.1, -0.05) is 35.3 Å². The molecule has 4 rings (SSSR count). The first kappa shape index (κ1) is 19.0. The van der Waals surface area contributed by atoms with Gasteiger partial charge in [-0.25, -0.2) is 13.4 Å². The van der Waals surface area contributed by atoms with Crippen molar-refractivity contribution in [3.63, 3.8) is 0 Å². The summed E-state index contributed by atoms with van der Waals surface area (Å²) in [7, 11) is -3.21. The van der Waals surface area contributed by atoms with Crippen LogP contribution in [0.25, 0.3) is 11.1 Å². The highest BCUT2D eigenvalue weighted by Crippen LogP contribution is 2.38. The van der Waals surface area contributed by atoms with Crippen LogP contribution in [0.2, 0.25) is 10.0 Å². The van der Waals surface area contributed by atoms with Gasteiger partial charge in [0.25, 0.3) is 0 Å². The standard InChI is InChI=1S/C18H17Cl2N5O2S/c19-14-8-12(23-18-22-10-16(21)24-18)9-15(20)17(14)11-2-4-13(5-3-11)25-6-1-7-28(25,26)27/h2-5,8-9H,1,6-7,10H2,(H3,21,22,23,24). The fraction of sp³-hybridized carbons (Fsp3) is 0.222. The van der Waals surface area contributed by atoms with Crippen molar-refractivity contribution in [3.05, 3.63) is 46.4 Å². The van der Waals surface area contributed by atoms with Crippen LogP contribution in [-0.4, -0.2) is 39.1 Å². The molecule has 0 aliphatic carbocycles. The minimum absolute atomic E-state index is 0.182. The van der Waals surface area contributed by atoms with Crippen LogP contribution in [0.4, 0.5) is 11.4 Å². The van der Waals surface area contributed by atoms with E-state index in [1.807, 2.05) is 12.1 Å². The topological polar surface area (TPSA) is 100 Å². The molecule has 2 aliphatic rings. The Kier molecular flexibility index (Phi) is 4.95. The molecule has 0 saturated carbocycles. The predicted molar refractivity (Wildman–Crippen MR) is 115 cm³/mol. The third-order valence-corrected chi connectivity index (χ3v) is 6.95. The second-order valence-electron chi connectivity index (χ2n) is 6.47. The molecule has 1 saturated heterocycles. The van der Waals surface area contributed by atoms with Crippen LogP contribution in [-0.2, 0) is 10.0 Å². The van der Waals surface area contributed by atoms with E-state index < -0.39 is 10.0 Å². The Morgan fingerprint density at radius 2 is 1.79 bits per heavy atom. The van der Waals surface area contributed by atoms with Crippen molar-refractivity contribution in [1.29, 1.82) is 0 Å². The van der Waals surface area contributed by atoms with Crippen molar-refractivity contribution in [1.82, 2.24) is 0 Å². The van der Waals surface area contributed by atoms with E-state index in [2.05, 4.69) is 15.3 Å². The molecule has 146 valence electrons. The van der Waals surface area contributed by atoms with E-state index in [0.29, 0.717) is 58.3 Å². The highest BCUT2D eigenvalue weighted by atomic mass is 35.5. The van der Waals surface area contributed by atoms with Gasteiger partial charge in [0, 0.05) is 17.8 Å². The third kappa shape index (κ3) is 3.67. The average Bonchev–Trinajstić information content (AvgIpc) is 3.19. The molecule has 2 aliphatic heterocycles. The van der Waals surface area contributed by atoms with Crippen molar-refractivity contribution in [2.45, 2.75) is 6.42 Å². The van der Waals surface area contributed by atoms with Crippen LogP contribution >= 0.6 is 23.2 Å². The maximum absolute atomic E-state index is 12.1. The van der Waals surface area contributed by atoms with E-state index in [9.17, 15) is 8.42 Å². The summed E-state index contributed by atoms with van der Waals surface area (Å²) in [6.07, 6.45) is 0.636. The number of hydrogen-bond donors (Lipinski definition) is 2. The lowest BCUT2D eigenvalue weighted by atomic mass is 10.0. The zero-order chi connectivity index (χ0) is 19.9. The molecule has 7 nitrogen and oxygen atoms in total. The maximum atomic E-state index is 12.1. The van der Waals surface area contributed by atoms with Crippen molar-refractivity contribution in [3.8, 4) is 11.1 Å². The first-order valence-corrected chi connectivity index (χ1v) is 10.9. The molecule has 0 aromatic heterocycles. The molecule has 28 heavy (non-hydrogen) atoms. The summed E-state index contributed by atoms with van der Waals surface area (Å²) in [4.78, 5) is 8.22. The summed E-state index contributed by atoms with van der Waals surface area (Å²) >= 11 is 12.9. The second kappa shape index (κ2) is 7.27. The molecule has 0 amide bonds. The van der Waals surface area contributed by atoms with Crippen molar-refractivity contribution >= 4 is 56.4 Å². The summed E-state index contributed by atoms with van der Waals surface area (Å²) < 4.78 is 25.6. The van der Waals surface area contributed by atoms with E-state index in [1.165, 1.54) is 4.31 Å². The molecule has 0 unspecified atom stereocenters. The van der Waals surface area contributed by atoms with Gasteiger partial charge in [0.2, 0.25) is 16.0 Å². The second-order valence-corrected chi connectivity index (χ2v) is 9.30. The quantitative estimate of drug-likeness (QED) is 0.768. The number of halogens is 2. The zero-order valence-corrected chi connectivity index (χ0v) is 17.0. The van der Waals surface area contributed by atoms with E-state index in [4.69, 9.17) is 28.9 Å². The van der Waals surface area contributed by atoms with Gasteiger partial charge in [0.05, 0.1) is 21.5 Å². The SMILES string of the molecule is NC1=NC(Nc2cc(Cl)c(-c3ccc(N4CCCS4(=O)=O)cc3)c(Cl)c2)=NC1. The zero-order valence-electron chi connectivity index (χ0n) is 14.7. The third-order valence-electron chi connectivity index (χ3n) is 4.48. The smallest absolute Gasteiger partial charge is 0.235 e. The van der Waals surface area contributed by atoms with Gasteiger partial charge in [-0.2, -0.15) is 4.99 Å². The van der Waals surface area contributed by atoms with Crippen LogP contribution in [0.15, 0.2) is 46.4 Å². The summed E-state index contributed by atoms with van der Waals surface area (Å²) in [5, 5.41) is 3.93. The van der Waals surface area contributed by atoms with E-state index in [-0.39, 0.29) is 5.75 Å². The van der Waals surface area contributed by atoms with E-state index in [0.717, 1.165) is 5.56 Å². The van der Waals surface area contributed by atoms with Gasteiger partial charge in [-0.05, 0) is 36.2 Å². The molecule has 0 atom stereocenters. The number of benzene rings is 2. The number of hydrogen-bond acceptors (Lipinski definition) is 6. The van der Waals surface area contributed by atoms with Crippen LogP contribution in [0.1, 0.15) is 6.42 Å². The minimum atomic E-state index is -3.21. The molecule has 0 spiro atoms. The molecule has 2 aromatic rings. The van der Waals surface area contributed by atoms with Gasteiger partial charge in [-0.15, -0.1) is 0 Å². The van der Waals surface area contributed by atoms with Gasteiger partial charge in [0.1, 0.15) is 12.4 Å². The number of nitrogens with one attached hydrogen (secondary N) is 1. The van der Waals surface area contributed by atoms with Gasteiger partial charge >= 0.3 is 0 Å². The number of amidine groups is 1. The highest BCUT2D eigenvalue weighted by Gasteiger charge is 2.28. The van der Waals surface area contributed by atoms with Crippen LogP contribution < -0.4 is 15.4 Å². The Bertz CT molecular complexity index is 1070. The average molecular weight is 438 g/mol. The van der Waals surface area contributed by atoms with Gasteiger partial charge in [-0.3, -0.25) is 4.31 Å². The molecule has 2 aromatic carbocycles. The Morgan fingerprint density at radius 1 is 1.11 bits per heavy atom. The van der Waals surface area contributed by atoms with Crippen molar-refractivity contribution in [2.75, 3.05) is 28.5 Å². The molecule has 10 heteroatoms. The Hall–Kier alpha value is -2.29. The summed E-state index contributed by atoms with van der Waals surface area (Å²) in [5.74, 6) is 1.03. The largest absolute Gasteiger partial charge is 0.385 e. The van der Waals surface area contributed by atoms with E-state index in [1.54, 1.807) is 24.3 Å². The van der Waals surface area contributed by atoms with Crippen molar-refractivity contribution < 1.29 is 8.42 Å². The summed E-state index contributed by atoms with van der Waals surface area (Å²) in [5.41, 5.74) is 8.37. The summed E-state index contributed by atoms with van der Waals surface area (Å²) in [6, 6.07) is 10.6. The highest BCUT2D eigenvalue weighted by molar-refractivity contribution is 7.93. The Balaban J connectivity index is 1.60. The van der Waals surface area contributed by atoms with Gasteiger partial charge < -0.3 is 11.1 Å². The molecule has 0 bridgehead atoms. The van der Waals surface area contributed by atoms with Crippen LogP contribution in [0, 0.1) is 0 Å². The lowest BCUT2D eigenvalue weighted by Gasteiger charge is -2.17. The first-order valence-electron chi connectivity index (χ1n) is 8.58. The number of anilines is 2. The van der Waals surface area contributed by atoms with Crippen molar-refractivity contribution in [2.24, 2.45) is 15.7 Å². The number of rotatable bonds is 3. The molecular formula is C18H17Cl2N5O2S. The van der Waals surface area contributed by atoms with E-state index >= 15 is 0 Å². The lowest BCUT2D eigenvalue weighted by Crippen LogP contribution is -2.24. The molecule has 0 radical (unpaired) electrons. The molecular weight excluding hydrogens is 421 g/mol. The fourth-order valence-electron chi connectivity index (χ4n) is 3.20. The monoisotopic (exact) mass is 437 g/mol. The first-order chi connectivity index (χ1) is 13.3. The minimum Gasteiger partial charge on any atom is -0.385 e. The Labute approximate surface area is 172 Å². The van der Waals surface area contributed by atoms with Gasteiger partial charge in [0.15, 0.2) is 0 Å². The maximum Gasteiger partial charge on any atom is 0.235 e.